The van der Waals surface area contributed by atoms with Gasteiger partial charge < -0.3 is 18.8 Å². The number of nitrogens with one attached hydrogen (secondary N) is 1. The third-order valence-electron chi connectivity index (χ3n) is 3.53. The van der Waals surface area contributed by atoms with Crippen LogP contribution in [-0.4, -0.2) is 33.3 Å². The second-order valence-corrected chi connectivity index (χ2v) is 5.26. The van der Waals surface area contributed by atoms with Gasteiger partial charge in [-0.05, 0) is 18.2 Å². The average Bonchev–Trinajstić information content (AvgIpc) is 3.40. The van der Waals surface area contributed by atoms with E-state index >= 15 is 0 Å². The Hall–Kier alpha value is -3.82. The summed E-state index contributed by atoms with van der Waals surface area (Å²) in [6.45, 7) is -0.0251. The lowest BCUT2D eigenvalue weighted by Crippen LogP contribution is -2.23. The predicted octanol–water partition coefficient (Wildman–Crippen LogP) is 1.50. The topological polar surface area (TPSA) is 137 Å². The minimum atomic E-state index is -0.681. The summed E-state index contributed by atoms with van der Waals surface area (Å²) in [6, 6.07) is 4.84. The van der Waals surface area contributed by atoms with Gasteiger partial charge in [0.1, 0.15) is 5.92 Å². The van der Waals surface area contributed by atoms with Crippen LogP contribution in [0.15, 0.2) is 55.1 Å². The van der Waals surface area contributed by atoms with Crippen molar-refractivity contribution in [3.63, 3.8) is 0 Å². The van der Waals surface area contributed by atoms with E-state index in [0.717, 1.165) is 0 Å². The van der Waals surface area contributed by atoms with Crippen molar-refractivity contribution in [2.24, 2.45) is 4.99 Å². The Morgan fingerprint density at radius 2 is 2.15 bits per heavy atom. The van der Waals surface area contributed by atoms with Gasteiger partial charge in [0, 0.05) is 12.3 Å². The summed E-state index contributed by atoms with van der Waals surface area (Å²) in [5.74, 6) is -0.400. The lowest BCUT2D eigenvalue weighted by molar-refractivity contribution is -0.118. The molecule has 0 radical (unpaired) electrons. The molecule has 3 aromatic heterocycles. The molecule has 1 unspecified atom stereocenters. The van der Waals surface area contributed by atoms with Crippen LogP contribution in [-0.2, 0) is 11.3 Å². The fourth-order valence-electron chi connectivity index (χ4n) is 2.27. The summed E-state index contributed by atoms with van der Waals surface area (Å²) < 4.78 is 15.3. The molecular weight excluding hydrogens is 342 g/mol. The SMILES string of the molecule is O=C(NCc1nc(C2C=CC=NC2=O)no1)c1cc(-c2ccco2)on1. The predicted molar refractivity (Wildman–Crippen MR) is 85.1 cm³/mol. The van der Waals surface area contributed by atoms with E-state index in [1.54, 1.807) is 24.3 Å². The number of carbonyl (C=O) groups is 2. The van der Waals surface area contributed by atoms with Crippen LogP contribution in [0.2, 0.25) is 0 Å². The number of hydrogen-bond acceptors (Lipinski definition) is 8. The molecule has 0 bridgehead atoms. The molecule has 26 heavy (non-hydrogen) atoms. The summed E-state index contributed by atoms with van der Waals surface area (Å²) in [7, 11) is 0. The standard InChI is InChI=1S/C16H11N5O5/c22-15-9(3-1-5-17-15)14-19-13(26-21-14)8-18-16(23)10-7-12(25-20-10)11-4-2-6-24-11/h1-7,9H,8H2,(H,18,23). The van der Waals surface area contributed by atoms with Crippen molar-refractivity contribution >= 4 is 18.0 Å². The van der Waals surface area contributed by atoms with Gasteiger partial charge in [0.25, 0.3) is 11.8 Å². The zero-order valence-electron chi connectivity index (χ0n) is 13.2. The van der Waals surface area contributed by atoms with Crippen molar-refractivity contribution in [1.29, 1.82) is 0 Å². The van der Waals surface area contributed by atoms with Crippen molar-refractivity contribution in [2.45, 2.75) is 12.5 Å². The number of hydrogen-bond donors (Lipinski definition) is 1. The number of nitrogens with zero attached hydrogens (tertiary/aromatic N) is 4. The van der Waals surface area contributed by atoms with Gasteiger partial charge in [-0.3, -0.25) is 9.59 Å². The molecule has 130 valence electrons. The van der Waals surface area contributed by atoms with Crippen LogP contribution in [0.3, 0.4) is 0 Å². The molecule has 10 heteroatoms. The maximum Gasteiger partial charge on any atom is 0.273 e. The third kappa shape index (κ3) is 3.07. The normalized spacial score (nSPS) is 16.2. The highest BCUT2D eigenvalue weighted by Gasteiger charge is 2.24. The number of rotatable bonds is 5. The fourth-order valence-corrected chi connectivity index (χ4v) is 2.27. The molecule has 10 nitrogen and oxygen atoms in total. The van der Waals surface area contributed by atoms with E-state index in [1.807, 2.05) is 0 Å². The first kappa shape index (κ1) is 15.7. The first-order valence-corrected chi connectivity index (χ1v) is 7.56. The monoisotopic (exact) mass is 353 g/mol. The summed E-state index contributed by atoms with van der Waals surface area (Å²) >= 11 is 0. The van der Waals surface area contributed by atoms with Crippen molar-refractivity contribution < 1.29 is 23.1 Å². The van der Waals surface area contributed by atoms with Crippen molar-refractivity contribution in [3.8, 4) is 11.5 Å². The molecule has 0 aliphatic carbocycles. The molecule has 0 saturated heterocycles. The smallest absolute Gasteiger partial charge is 0.273 e. The molecule has 3 aromatic rings. The molecule has 0 fully saturated rings. The number of aliphatic imine (C=N–C) groups is 1. The van der Waals surface area contributed by atoms with Crippen LogP contribution in [0.1, 0.15) is 28.1 Å². The Bertz CT molecular complexity index is 998. The van der Waals surface area contributed by atoms with E-state index in [-0.39, 0.29) is 29.9 Å². The Labute approximate surface area is 145 Å². The molecule has 0 spiro atoms. The van der Waals surface area contributed by atoms with Crippen molar-refractivity contribution in [2.75, 3.05) is 0 Å². The third-order valence-corrected chi connectivity index (χ3v) is 3.53. The van der Waals surface area contributed by atoms with Crippen molar-refractivity contribution in [3.05, 3.63) is 54.0 Å². The number of amides is 2. The minimum absolute atomic E-state index is 0.0251. The fraction of sp³-hybridized carbons (Fsp3) is 0.125. The number of aromatic nitrogens is 3. The van der Waals surface area contributed by atoms with Gasteiger partial charge >= 0.3 is 0 Å². The first-order valence-electron chi connectivity index (χ1n) is 7.56. The Morgan fingerprint density at radius 1 is 1.23 bits per heavy atom. The number of dihydropyridines is 1. The summed E-state index contributed by atoms with van der Waals surface area (Å²) in [4.78, 5) is 31.6. The Morgan fingerprint density at radius 3 is 2.96 bits per heavy atom. The molecule has 1 atom stereocenters. The Balaban J connectivity index is 1.38. The highest BCUT2D eigenvalue weighted by molar-refractivity contribution is 5.97. The molecule has 1 N–H and O–H groups in total. The molecule has 0 saturated carbocycles. The number of allylic oxidation sites excluding steroid dienone is 1. The molecular formula is C16H11N5O5. The van der Waals surface area contributed by atoms with E-state index in [4.69, 9.17) is 13.5 Å². The second kappa shape index (κ2) is 6.59. The highest BCUT2D eigenvalue weighted by atomic mass is 16.5. The zero-order valence-corrected chi connectivity index (χ0v) is 13.2. The number of furan rings is 1. The van der Waals surface area contributed by atoms with Gasteiger partial charge in [-0.25, -0.2) is 4.99 Å². The molecule has 2 amide bonds. The summed E-state index contributed by atoms with van der Waals surface area (Å²) in [5.41, 5.74) is 0.0795. The van der Waals surface area contributed by atoms with E-state index in [1.165, 1.54) is 18.5 Å². The van der Waals surface area contributed by atoms with Gasteiger partial charge in [-0.1, -0.05) is 16.4 Å². The summed E-state index contributed by atoms with van der Waals surface area (Å²) in [5, 5.41) is 10.0. The van der Waals surface area contributed by atoms with E-state index < -0.39 is 11.8 Å². The maximum atomic E-state index is 12.1. The van der Waals surface area contributed by atoms with Gasteiger partial charge in [-0.2, -0.15) is 4.98 Å². The molecule has 1 aliphatic rings. The first-order chi connectivity index (χ1) is 12.7. The van der Waals surface area contributed by atoms with Crippen LogP contribution in [0.4, 0.5) is 0 Å². The van der Waals surface area contributed by atoms with Crippen LogP contribution >= 0.6 is 0 Å². The van der Waals surface area contributed by atoms with Crippen molar-refractivity contribution in [1.82, 2.24) is 20.6 Å². The van der Waals surface area contributed by atoms with E-state index in [9.17, 15) is 9.59 Å². The van der Waals surface area contributed by atoms with Gasteiger partial charge in [-0.15, -0.1) is 0 Å². The minimum Gasteiger partial charge on any atom is -0.461 e. The lowest BCUT2D eigenvalue weighted by atomic mass is 10.1. The molecule has 0 aromatic carbocycles. The maximum absolute atomic E-state index is 12.1. The highest BCUT2D eigenvalue weighted by Crippen LogP contribution is 2.21. The Kier molecular flexibility index (Phi) is 3.98. The zero-order chi connectivity index (χ0) is 17.9. The van der Waals surface area contributed by atoms with Gasteiger partial charge in [0.05, 0.1) is 12.8 Å². The van der Waals surface area contributed by atoms with Crippen LogP contribution in [0.5, 0.6) is 0 Å². The van der Waals surface area contributed by atoms with Crippen LogP contribution in [0, 0.1) is 0 Å². The van der Waals surface area contributed by atoms with E-state index in [2.05, 4.69) is 25.6 Å². The molecule has 1 aliphatic heterocycles. The van der Waals surface area contributed by atoms with E-state index in [0.29, 0.717) is 11.5 Å². The molecule has 4 heterocycles. The lowest BCUT2D eigenvalue weighted by Gasteiger charge is -2.04. The second-order valence-electron chi connectivity index (χ2n) is 5.26. The summed E-state index contributed by atoms with van der Waals surface area (Å²) in [6.07, 6.45) is 6.14. The molecule has 4 rings (SSSR count). The van der Waals surface area contributed by atoms with Crippen LogP contribution in [0.25, 0.3) is 11.5 Å². The number of carbonyl (C=O) groups excluding carboxylic acids is 2. The van der Waals surface area contributed by atoms with Crippen LogP contribution < -0.4 is 5.32 Å². The van der Waals surface area contributed by atoms with Gasteiger partial charge in [0.15, 0.2) is 17.3 Å². The largest absolute Gasteiger partial charge is 0.461 e. The quantitative estimate of drug-likeness (QED) is 0.728. The average molecular weight is 353 g/mol. The van der Waals surface area contributed by atoms with Gasteiger partial charge in [0.2, 0.25) is 11.7 Å².